The number of rotatable bonds is 4. The number of fused-ring (bicyclic) bond motifs is 2. The molecule has 8 nitrogen and oxygen atoms in total. The molecule has 11 heteroatoms. The van der Waals surface area contributed by atoms with Gasteiger partial charge in [0.05, 0.1) is 12.0 Å². The normalized spacial score (nSPS) is 16.5. The summed E-state index contributed by atoms with van der Waals surface area (Å²) in [5.41, 5.74) is -0.250. The number of benzene rings is 1. The van der Waals surface area contributed by atoms with Crippen molar-refractivity contribution in [1.29, 1.82) is 0 Å². The van der Waals surface area contributed by atoms with E-state index in [9.17, 15) is 23.1 Å². The molecule has 0 unspecified atom stereocenters. The number of nitrogens with zero attached hydrogens (tertiary/aromatic N) is 3. The van der Waals surface area contributed by atoms with Crippen LogP contribution in [-0.2, 0) is 12.0 Å². The van der Waals surface area contributed by atoms with Crippen molar-refractivity contribution in [2.24, 2.45) is 0 Å². The highest BCUT2D eigenvalue weighted by Crippen LogP contribution is 2.40. The number of hydrogen-bond donors (Lipinski definition) is 2. The molecule has 1 aliphatic heterocycles. The molecule has 0 saturated heterocycles. The first-order valence-electron chi connectivity index (χ1n) is 10.6. The standard InChI is InChI=1S/C23H21F3N4O4/c1-10-12-8-11(24)4-5-14(12)33-18(10)17-15-13(27-9-28-15)6-7-30(17)21(31)19-16(20(25)26)29-22(34-19)23(2,3)32/h4-5,8-9,17,20,32H,6-7H2,1-3H3,(H,27,28)/t17-/m0/s1. The molecular formula is C23H21F3N4O4. The van der Waals surface area contributed by atoms with Gasteiger partial charge >= 0.3 is 0 Å². The third-order valence-electron chi connectivity index (χ3n) is 5.95. The monoisotopic (exact) mass is 474 g/mol. The van der Waals surface area contributed by atoms with Gasteiger partial charge in [0.25, 0.3) is 12.3 Å². The molecule has 1 aromatic carbocycles. The highest BCUT2D eigenvalue weighted by molar-refractivity contribution is 5.93. The van der Waals surface area contributed by atoms with Crippen LogP contribution in [0.5, 0.6) is 0 Å². The molecule has 1 aliphatic rings. The Morgan fingerprint density at radius 2 is 2.09 bits per heavy atom. The number of aryl methyl sites for hydroxylation is 1. The van der Waals surface area contributed by atoms with E-state index in [1.54, 1.807) is 6.92 Å². The Balaban J connectivity index is 1.66. The van der Waals surface area contributed by atoms with Gasteiger partial charge in [-0.25, -0.2) is 23.1 Å². The number of aliphatic hydroxyl groups is 1. The minimum atomic E-state index is -3.10. The lowest BCUT2D eigenvalue weighted by Gasteiger charge is -2.33. The number of carbonyl (C=O) groups excluding carboxylic acids is 1. The fraction of sp³-hybridized carbons (Fsp3) is 0.348. The number of halogens is 3. The van der Waals surface area contributed by atoms with E-state index in [1.165, 1.54) is 43.3 Å². The van der Waals surface area contributed by atoms with Crippen LogP contribution in [0, 0.1) is 12.7 Å². The van der Waals surface area contributed by atoms with Crippen LogP contribution in [-0.4, -0.2) is 37.4 Å². The molecule has 5 rings (SSSR count). The van der Waals surface area contributed by atoms with Crippen molar-refractivity contribution < 1.29 is 31.9 Å². The highest BCUT2D eigenvalue weighted by Gasteiger charge is 2.41. The third-order valence-corrected chi connectivity index (χ3v) is 5.95. The van der Waals surface area contributed by atoms with E-state index in [1.807, 2.05) is 0 Å². The minimum absolute atomic E-state index is 0.144. The van der Waals surface area contributed by atoms with Crippen LogP contribution in [0.4, 0.5) is 13.2 Å². The summed E-state index contributed by atoms with van der Waals surface area (Å²) in [5, 5.41) is 10.7. The minimum Gasteiger partial charge on any atom is -0.458 e. The second-order valence-corrected chi connectivity index (χ2v) is 8.74. The Hall–Kier alpha value is -3.60. The summed E-state index contributed by atoms with van der Waals surface area (Å²) >= 11 is 0. The predicted molar refractivity (Wildman–Crippen MR) is 113 cm³/mol. The highest BCUT2D eigenvalue weighted by atomic mass is 19.3. The Labute approximate surface area is 191 Å². The Kier molecular flexibility index (Phi) is 5.05. The smallest absolute Gasteiger partial charge is 0.292 e. The molecule has 2 N–H and O–H groups in total. The summed E-state index contributed by atoms with van der Waals surface area (Å²) < 4.78 is 52.8. The SMILES string of the molecule is Cc1c([C@@H]2c3nc[nH]c3CCN2C(=O)c2oc(C(C)(C)O)nc2C(F)F)oc2ccc(F)cc12. The summed E-state index contributed by atoms with van der Waals surface area (Å²) in [4.78, 5) is 26.0. The summed E-state index contributed by atoms with van der Waals surface area (Å²) in [6.07, 6.45) is -1.23. The molecule has 0 radical (unpaired) electrons. The zero-order valence-corrected chi connectivity index (χ0v) is 18.5. The molecule has 34 heavy (non-hydrogen) atoms. The van der Waals surface area contributed by atoms with E-state index in [2.05, 4.69) is 15.0 Å². The number of aromatic nitrogens is 3. The van der Waals surface area contributed by atoms with Gasteiger partial charge in [-0.2, -0.15) is 0 Å². The van der Waals surface area contributed by atoms with E-state index in [-0.39, 0.29) is 6.54 Å². The van der Waals surface area contributed by atoms with E-state index in [4.69, 9.17) is 8.83 Å². The van der Waals surface area contributed by atoms with Gasteiger partial charge in [0.1, 0.15) is 28.8 Å². The van der Waals surface area contributed by atoms with Crippen LogP contribution >= 0.6 is 0 Å². The van der Waals surface area contributed by atoms with Crippen LogP contribution in [0.25, 0.3) is 11.0 Å². The van der Waals surface area contributed by atoms with Gasteiger partial charge in [-0.05, 0) is 39.0 Å². The number of oxazole rings is 1. The molecule has 3 aromatic heterocycles. The average molecular weight is 474 g/mol. The van der Waals surface area contributed by atoms with Crippen LogP contribution in [0.3, 0.4) is 0 Å². The first-order chi connectivity index (χ1) is 16.1. The predicted octanol–water partition coefficient (Wildman–Crippen LogP) is 4.54. The number of alkyl halides is 2. The fourth-order valence-corrected chi connectivity index (χ4v) is 4.26. The van der Waals surface area contributed by atoms with Crippen molar-refractivity contribution >= 4 is 16.9 Å². The number of carbonyl (C=O) groups is 1. The number of H-pyrrole nitrogens is 1. The number of furan rings is 1. The van der Waals surface area contributed by atoms with Crippen LogP contribution < -0.4 is 0 Å². The van der Waals surface area contributed by atoms with Gasteiger partial charge in [-0.15, -0.1) is 0 Å². The zero-order chi connectivity index (χ0) is 24.4. The lowest BCUT2D eigenvalue weighted by Crippen LogP contribution is -2.41. The van der Waals surface area contributed by atoms with Crippen molar-refractivity contribution in [3.63, 3.8) is 0 Å². The number of nitrogens with one attached hydrogen (secondary N) is 1. The quantitative estimate of drug-likeness (QED) is 0.450. The van der Waals surface area contributed by atoms with Crippen molar-refractivity contribution in [2.45, 2.75) is 45.3 Å². The van der Waals surface area contributed by atoms with E-state index < -0.39 is 47.1 Å². The second-order valence-electron chi connectivity index (χ2n) is 8.74. The Morgan fingerprint density at radius 1 is 1.32 bits per heavy atom. The van der Waals surface area contributed by atoms with Gasteiger partial charge in [-0.3, -0.25) is 4.79 Å². The average Bonchev–Trinajstić information content (AvgIpc) is 3.49. The van der Waals surface area contributed by atoms with Crippen LogP contribution in [0.2, 0.25) is 0 Å². The molecule has 0 aliphatic carbocycles. The van der Waals surface area contributed by atoms with Crippen molar-refractivity contribution in [2.75, 3.05) is 6.54 Å². The number of hydrogen-bond acceptors (Lipinski definition) is 6. The van der Waals surface area contributed by atoms with Crippen molar-refractivity contribution in [3.8, 4) is 0 Å². The Morgan fingerprint density at radius 3 is 2.79 bits per heavy atom. The molecule has 4 heterocycles. The number of imidazole rings is 1. The maximum Gasteiger partial charge on any atom is 0.292 e. The molecule has 1 atom stereocenters. The maximum absolute atomic E-state index is 13.9. The first kappa shape index (κ1) is 22.2. The lowest BCUT2D eigenvalue weighted by atomic mass is 9.97. The number of amides is 1. The topological polar surface area (TPSA) is 108 Å². The second kappa shape index (κ2) is 7.73. The third kappa shape index (κ3) is 3.47. The van der Waals surface area contributed by atoms with Gasteiger partial charge in [0.2, 0.25) is 11.7 Å². The van der Waals surface area contributed by atoms with E-state index >= 15 is 0 Å². The lowest BCUT2D eigenvalue weighted by molar-refractivity contribution is 0.0437. The molecule has 0 saturated carbocycles. The summed E-state index contributed by atoms with van der Waals surface area (Å²) in [6, 6.07) is 3.21. The first-order valence-corrected chi connectivity index (χ1v) is 10.6. The summed E-state index contributed by atoms with van der Waals surface area (Å²) in [5.74, 6) is -2.00. The van der Waals surface area contributed by atoms with Gasteiger partial charge in [0, 0.05) is 29.6 Å². The maximum atomic E-state index is 13.9. The van der Waals surface area contributed by atoms with Crippen molar-refractivity contribution in [1.82, 2.24) is 19.9 Å². The zero-order valence-electron chi connectivity index (χ0n) is 18.5. The van der Waals surface area contributed by atoms with Gasteiger partial charge in [-0.1, -0.05) is 0 Å². The van der Waals surface area contributed by atoms with Crippen LogP contribution in [0.15, 0.2) is 33.4 Å². The molecule has 178 valence electrons. The van der Waals surface area contributed by atoms with Gasteiger partial charge in [0.15, 0.2) is 5.69 Å². The van der Waals surface area contributed by atoms with E-state index in [0.29, 0.717) is 34.4 Å². The van der Waals surface area contributed by atoms with Crippen molar-refractivity contribution in [3.05, 3.63) is 70.4 Å². The van der Waals surface area contributed by atoms with Crippen LogP contribution in [0.1, 0.15) is 71.2 Å². The van der Waals surface area contributed by atoms with E-state index in [0.717, 1.165) is 5.69 Å². The molecule has 0 fully saturated rings. The molecule has 4 aromatic rings. The molecule has 0 bridgehead atoms. The molecular weight excluding hydrogens is 453 g/mol. The van der Waals surface area contributed by atoms with Gasteiger partial charge < -0.3 is 23.8 Å². The summed E-state index contributed by atoms with van der Waals surface area (Å²) in [7, 11) is 0. The number of aromatic amines is 1. The molecule has 1 amide bonds. The largest absolute Gasteiger partial charge is 0.458 e. The fourth-order valence-electron chi connectivity index (χ4n) is 4.26. The molecule has 0 spiro atoms. The summed E-state index contributed by atoms with van der Waals surface area (Å²) in [6.45, 7) is 4.51. The Bertz CT molecular complexity index is 1400.